The minimum absolute atomic E-state index is 0.558. The van der Waals surface area contributed by atoms with Crippen molar-refractivity contribution >= 4 is 0 Å². The molecule has 0 amide bonds. The van der Waals surface area contributed by atoms with Gasteiger partial charge in [-0.15, -0.1) is 0 Å². The molecule has 2 rings (SSSR count). The van der Waals surface area contributed by atoms with Gasteiger partial charge in [0.1, 0.15) is 18.6 Å². The van der Waals surface area contributed by atoms with Crippen LogP contribution in [0.1, 0.15) is 33.4 Å². The molecule has 0 radical (unpaired) electrons. The van der Waals surface area contributed by atoms with Gasteiger partial charge in [-0.3, -0.25) is 0 Å². The lowest BCUT2D eigenvalue weighted by molar-refractivity contribution is 0.102. The van der Waals surface area contributed by atoms with Gasteiger partial charge in [-0.2, -0.15) is 0 Å². The maximum absolute atomic E-state index is 5.48. The highest BCUT2D eigenvalue weighted by Crippen LogP contribution is 2.07. The number of ether oxygens (including phenoxy) is 2. The van der Waals surface area contributed by atoms with Gasteiger partial charge in [0.25, 0.3) is 0 Å². The van der Waals surface area contributed by atoms with Gasteiger partial charge < -0.3 is 14.0 Å². The summed E-state index contributed by atoms with van der Waals surface area (Å²) in [5.41, 5.74) is 0.911. The highest BCUT2D eigenvalue weighted by atomic mass is 16.5. The number of para-hydroxylation sites is 1. The molecule has 2 aromatic rings. The molecule has 0 aliphatic carbocycles. The van der Waals surface area contributed by atoms with Crippen LogP contribution in [0.2, 0.25) is 0 Å². The molecule has 0 N–H and O–H groups in total. The number of hydrogen-bond acceptors (Lipinski definition) is 4. The van der Waals surface area contributed by atoms with Crippen molar-refractivity contribution in [1.82, 2.24) is 5.16 Å². The van der Waals surface area contributed by atoms with E-state index in [1.165, 1.54) is 0 Å². The summed E-state index contributed by atoms with van der Waals surface area (Å²) in [5.74, 6) is 0.868. The summed E-state index contributed by atoms with van der Waals surface area (Å²) in [5, 5.41) is 3.80. The molecule has 0 aliphatic heterocycles. The van der Waals surface area contributed by atoms with Gasteiger partial charge in [0.05, 0.1) is 18.9 Å². The van der Waals surface area contributed by atoms with Crippen molar-refractivity contribution in [2.24, 2.45) is 0 Å². The quantitative estimate of drug-likeness (QED) is 0.711. The Bertz CT molecular complexity index is 401. The first-order chi connectivity index (χ1) is 10.4. The fraction of sp³-hybridized carbons (Fsp3) is 0.471. The van der Waals surface area contributed by atoms with E-state index in [9.17, 15) is 0 Å². The molecule has 0 unspecified atom stereocenters. The van der Waals surface area contributed by atoms with E-state index in [1.54, 1.807) is 6.26 Å². The van der Waals surface area contributed by atoms with Gasteiger partial charge in [0.15, 0.2) is 0 Å². The molecule has 0 atom stereocenters. The van der Waals surface area contributed by atoms with Gasteiger partial charge in [-0.25, -0.2) is 0 Å². The van der Waals surface area contributed by atoms with Crippen LogP contribution in [0.4, 0.5) is 0 Å². The molecule has 21 heavy (non-hydrogen) atoms. The van der Waals surface area contributed by atoms with E-state index in [0.29, 0.717) is 19.8 Å². The molecule has 1 aromatic carbocycles. The third kappa shape index (κ3) is 9.68. The number of rotatable bonds is 7. The Labute approximate surface area is 128 Å². The minimum atomic E-state index is 0.558. The fourth-order valence-corrected chi connectivity index (χ4v) is 1.38. The molecule has 4 heteroatoms. The Hall–Kier alpha value is -1.81. The molecule has 0 aliphatic rings. The summed E-state index contributed by atoms with van der Waals surface area (Å²) in [6, 6.07) is 11.5. The zero-order chi connectivity index (χ0) is 15.8. The Morgan fingerprint density at radius 1 is 0.905 bits per heavy atom. The van der Waals surface area contributed by atoms with Crippen LogP contribution in [0.15, 0.2) is 47.2 Å². The molecule has 1 heterocycles. The maximum atomic E-state index is 5.48. The highest BCUT2D eigenvalue weighted by Gasteiger charge is 1.96. The summed E-state index contributed by atoms with van der Waals surface area (Å²) in [7, 11) is 0. The molecule has 118 valence electrons. The van der Waals surface area contributed by atoms with Crippen molar-refractivity contribution in [3.63, 3.8) is 0 Å². The Balaban J connectivity index is 0.000000921. The van der Waals surface area contributed by atoms with Crippen molar-refractivity contribution in [1.29, 1.82) is 0 Å². The van der Waals surface area contributed by atoms with Gasteiger partial charge in [-0.05, 0) is 12.1 Å². The second-order valence-corrected chi connectivity index (χ2v) is 3.51. The van der Waals surface area contributed by atoms with Crippen LogP contribution in [-0.2, 0) is 11.2 Å². The summed E-state index contributed by atoms with van der Waals surface area (Å²) >= 11 is 0. The summed E-state index contributed by atoms with van der Waals surface area (Å²) in [6.07, 6.45) is 2.33. The lowest BCUT2D eigenvalue weighted by Crippen LogP contribution is -2.08. The number of benzene rings is 1. The molecule has 0 saturated carbocycles. The first-order valence-electron chi connectivity index (χ1n) is 7.60. The average molecular weight is 293 g/mol. The van der Waals surface area contributed by atoms with Crippen LogP contribution < -0.4 is 4.74 Å². The van der Waals surface area contributed by atoms with Crippen LogP contribution in [0.25, 0.3) is 0 Å². The van der Waals surface area contributed by atoms with Crippen LogP contribution in [0.5, 0.6) is 5.75 Å². The summed E-state index contributed by atoms with van der Waals surface area (Å²) in [6.45, 7) is 9.76. The smallest absolute Gasteiger partial charge is 0.124 e. The standard InChI is InChI=1S/C13H15NO3.2C2H6/c1-2-4-13(5-3-1)16-11-10-15-8-6-12-7-9-17-14-12;2*1-2/h1-5,7,9H,6,8,10-11H2;2*1-2H3. The SMILES string of the molecule is CC.CC.c1ccc(OCCOCCc2ccon2)cc1. The monoisotopic (exact) mass is 293 g/mol. The van der Waals surface area contributed by atoms with E-state index in [0.717, 1.165) is 17.9 Å². The number of aromatic nitrogens is 1. The van der Waals surface area contributed by atoms with Gasteiger partial charge in [0.2, 0.25) is 0 Å². The number of hydrogen-bond donors (Lipinski definition) is 0. The molecule has 0 bridgehead atoms. The van der Waals surface area contributed by atoms with E-state index in [4.69, 9.17) is 14.0 Å². The molecule has 4 nitrogen and oxygen atoms in total. The van der Waals surface area contributed by atoms with E-state index < -0.39 is 0 Å². The van der Waals surface area contributed by atoms with Crippen molar-refractivity contribution in [3.8, 4) is 5.75 Å². The lowest BCUT2D eigenvalue weighted by atomic mass is 10.3. The second-order valence-electron chi connectivity index (χ2n) is 3.51. The van der Waals surface area contributed by atoms with E-state index in [-0.39, 0.29) is 0 Å². The molecule has 1 aromatic heterocycles. The van der Waals surface area contributed by atoms with Crippen LogP contribution in [0, 0.1) is 0 Å². The summed E-state index contributed by atoms with van der Waals surface area (Å²) < 4.78 is 15.6. The molecule has 0 saturated heterocycles. The Kier molecular flexibility index (Phi) is 13.3. The predicted octanol–water partition coefficient (Wildman–Crippen LogP) is 4.37. The molecule has 0 fully saturated rings. The van der Waals surface area contributed by atoms with E-state index >= 15 is 0 Å². The van der Waals surface area contributed by atoms with Crippen molar-refractivity contribution in [2.75, 3.05) is 19.8 Å². The second kappa shape index (κ2) is 14.6. The summed E-state index contributed by atoms with van der Waals surface area (Å²) in [4.78, 5) is 0. The van der Waals surface area contributed by atoms with Gasteiger partial charge in [0, 0.05) is 12.5 Å². The average Bonchev–Trinajstić information content (AvgIpc) is 3.09. The van der Waals surface area contributed by atoms with E-state index in [1.807, 2.05) is 64.1 Å². The first-order valence-corrected chi connectivity index (χ1v) is 7.60. The fourth-order valence-electron chi connectivity index (χ4n) is 1.38. The van der Waals surface area contributed by atoms with Crippen molar-refractivity contribution in [3.05, 3.63) is 48.4 Å². The first kappa shape index (κ1) is 19.2. The Morgan fingerprint density at radius 2 is 1.62 bits per heavy atom. The molecular formula is C17H27NO3. The topological polar surface area (TPSA) is 44.5 Å². The highest BCUT2D eigenvalue weighted by molar-refractivity contribution is 5.20. The third-order valence-electron chi connectivity index (χ3n) is 2.23. The van der Waals surface area contributed by atoms with Crippen molar-refractivity contribution in [2.45, 2.75) is 34.1 Å². The van der Waals surface area contributed by atoms with Crippen LogP contribution >= 0.6 is 0 Å². The van der Waals surface area contributed by atoms with Crippen molar-refractivity contribution < 1.29 is 14.0 Å². The zero-order valence-corrected chi connectivity index (χ0v) is 13.5. The normalized spacial score (nSPS) is 8.95. The van der Waals surface area contributed by atoms with E-state index in [2.05, 4.69) is 5.16 Å². The van der Waals surface area contributed by atoms with Gasteiger partial charge >= 0.3 is 0 Å². The van der Waals surface area contributed by atoms with Gasteiger partial charge in [-0.1, -0.05) is 51.1 Å². The predicted molar refractivity (Wildman–Crippen MR) is 85.7 cm³/mol. The maximum Gasteiger partial charge on any atom is 0.124 e. The molecular weight excluding hydrogens is 266 g/mol. The Morgan fingerprint density at radius 3 is 2.24 bits per heavy atom. The van der Waals surface area contributed by atoms with Crippen LogP contribution in [0.3, 0.4) is 0 Å². The minimum Gasteiger partial charge on any atom is -0.491 e. The largest absolute Gasteiger partial charge is 0.491 e. The molecule has 0 spiro atoms. The van der Waals surface area contributed by atoms with Crippen LogP contribution in [-0.4, -0.2) is 25.0 Å². The number of nitrogens with zero attached hydrogens (tertiary/aromatic N) is 1. The lowest BCUT2D eigenvalue weighted by Gasteiger charge is -2.06. The third-order valence-corrected chi connectivity index (χ3v) is 2.23. The zero-order valence-electron chi connectivity index (χ0n) is 13.5.